The first-order valence-corrected chi connectivity index (χ1v) is 9.18. The number of urea groups is 1. The monoisotopic (exact) mass is 347 g/mol. The van der Waals surface area contributed by atoms with Crippen LogP contribution in [0.25, 0.3) is 0 Å². The van der Waals surface area contributed by atoms with E-state index in [0.29, 0.717) is 6.04 Å². The van der Waals surface area contributed by atoms with E-state index in [1.807, 2.05) is 23.1 Å². The van der Waals surface area contributed by atoms with E-state index < -0.39 is 0 Å². The highest BCUT2D eigenvalue weighted by Crippen LogP contribution is 2.25. The Morgan fingerprint density at radius 1 is 1.12 bits per heavy atom. The number of piperazine rings is 1. The van der Waals surface area contributed by atoms with Crippen molar-refractivity contribution in [3.8, 4) is 11.5 Å². The van der Waals surface area contributed by atoms with Crippen LogP contribution in [0.5, 0.6) is 11.5 Å². The van der Waals surface area contributed by atoms with Gasteiger partial charge in [0.05, 0.1) is 14.2 Å². The van der Waals surface area contributed by atoms with Crippen LogP contribution in [0.3, 0.4) is 0 Å². The molecule has 1 aromatic carbocycles. The Labute approximate surface area is 150 Å². The summed E-state index contributed by atoms with van der Waals surface area (Å²) in [4.78, 5) is 16.7. The lowest BCUT2D eigenvalue weighted by molar-refractivity contribution is 0.132. The SMILES string of the molecule is COc1ccc(OC)c(CN2CCN(C(=O)NC3CCCC3)CC2)c1. The zero-order valence-electron chi connectivity index (χ0n) is 15.3. The van der Waals surface area contributed by atoms with Crippen molar-refractivity contribution in [2.24, 2.45) is 0 Å². The number of benzene rings is 1. The summed E-state index contributed by atoms with van der Waals surface area (Å²) in [6.45, 7) is 4.09. The van der Waals surface area contributed by atoms with Crippen LogP contribution in [0.1, 0.15) is 31.2 Å². The predicted molar refractivity (Wildman–Crippen MR) is 97.2 cm³/mol. The lowest BCUT2D eigenvalue weighted by atomic mass is 10.1. The Hall–Kier alpha value is -1.95. The number of rotatable bonds is 5. The maximum Gasteiger partial charge on any atom is 0.317 e. The van der Waals surface area contributed by atoms with Crippen LogP contribution >= 0.6 is 0 Å². The third-order valence-corrected chi connectivity index (χ3v) is 5.22. The minimum absolute atomic E-state index is 0.102. The Morgan fingerprint density at radius 2 is 1.84 bits per heavy atom. The molecule has 0 unspecified atom stereocenters. The van der Waals surface area contributed by atoms with E-state index in [1.165, 1.54) is 12.8 Å². The molecule has 1 aromatic rings. The van der Waals surface area contributed by atoms with Gasteiger partial charge in [-0.15, -0.1) is 0 Å². The number of nitrogens with one attached hydrogen (secondary N) is 1. The second-order valence-electron chi connectivity index (χ2n) is 6.87. The van der Waals surface area contributed by atoms with Gasteiger partial charge < -0.3 is 19.7 Å². The first-order valence-electron chi connectivity index (χ1n) is 9.18. The molecule has 3 rings (SSSR count). The number of amides is 2. The van der Waals surface area contributed by atoms with Crippen molar-refractivity contribution in [3.05, 3.63) is 23.8 Å². The third-order valence-electron chi connectivity index (χ3n) is 5.22. The molecule has 0 bridgehead atoms. The summed E-state index contributed by atoms with van der Waals surface area (Å²) >= 11 is 0. The molecule has 1 heterocycles. The van der Waals surface area contributed by atoms with Gasteiger partial charge in [-0.2, -0.15) is 0 Å². The molecule has 1 aliphatic heterocycles. The number of nitrogens with zero attached hydrogens (tertiary/aromatic N) is 2. The minimum atomic E-state index is 0.102. The standard InChI is InChI=1S/C19H29N3O3/c1-24-17-7-8-18(25-2)15(13-17)14-21-9-11-22(12-10-21)19(23)20-16-5-3-4-6-16/h7-8,13,16H,3-6,9-12,14H2,1-2H3,(H,20,23). The van der Waals surface area contributed by atoms with Gasteiger partial charge in [0.1, 0.15) is 11.5 Å². The molecule has 1 saturated heterocycles. The molecule has 0 radical (unpaired) electrons. The summed E-state index contributed by atoms with van der Waals surface area (Å²) in [6.07, 6.45) is 4.73. The number of carbonyl (C=O) groups excluding carboxylic acids is 1. The maximum absolute atomic E-state index is 12.4. The zero-order chi connectivity index (χ0) is 17.6. The molecular formula is C19H29N3O3. The summed E-state index contributed by atoms with van der Waals surface area (Å²) in [7, 11) is 3.37. The van der Waals surface area contributed by atoms with Gasteiger partial charge in [0.15, 0.2) is 0 Å². The second kappa shape index (κ2) is 8.43. The van der Waals surface area contributed by atoms with Crippen molar-refractivity contribution in [2.75, 3.05) is 40.4 Å². The highest BCUT2D eigenvalue weighted by atomic mass is 16.5. The molecule has 0 aromatic heterocycles. The molecule has 2 fully saturated rings. The average molecular weight is 347 g/mol. The number of hydrogen-bond donors (Lipinski definition) is 1. The van der Waals surface area contributed by atoms with Crippen molar-refractivity contribution in [1.29, 1.82) is 0 Å². The van der Waals surface area contributed by atoms with Crippen LogP contribution < -0.4 is 14.8 Å². The van der Waals surface area contributed by atoms with Crippen molar-refractivity contribution in [2.45, 2.75) is 38.3 Å². The molecule has 6 heteroatoms. The van der Waals surface area contributed by atoms with Crippen LogP contribution in [0.2, 0.25) is 0 Å². The van der Waals surface area contributed by atoms with Crippen LogP contribution in [-0.4, -0.2) is 62.3 Å². The van der Waals surface area contributed by atoms with E-state index in [2.05, 4.69) is 10.2 Å². The van der Waals surface area contributed by atoms with Crippen LogP contribution in [0.15, 0.2) is 18.2 Å². The fourth-order valence-corrected chi connectivity index (χ4v) is 3.69. The Bertz CT molecular complexity index is 579. The van der Waals surface area contributed by atoms with E-state index in [9.17, 15) is 4.79 Å². The van der Waals surface area contributed by atoms with Crippen molar-refractivity contribution in [1.82, 2.24) is 15.1 Å². The van der Waals surface area contributed by atoms with E-state index >= 15 is 0 Å². The fourth-order valence-electron chi connectivity index (χ4n) is 3.69. The van der Waals surface area contributed by atoms with E-state index in [1.54, 1.807) is 14.2 Å². The Kier molecular flexibility index (Phi) is 6.02. The number of ether oxygens (including phenoxy) is 2. The van der Waals surface area contributed by atoms with Crippen molar-refractivity contribution in [3.63, 3.8) is 0 Å². The lowest BCUT2D eigenvalue weighted by Crippen LogP contribution is -2.52. The van der Waals surface area contributed by atoms with E-state index in [0.717, 1.165) is 62.6 Å². The quantitative estimate of drug-likeness (QED) is 0.889. The number of methoxy groups -OCH3 is 2. The predicted octanol–water partition coefficient (Wildman–Crippen LogP) is 2.47. The highest BCUT2D eigenvalue weighted by Gasteiger charge is 2.24. The first-order chi connectivity index (χ1) is 12.2. The largest absolute Gasteiger partial charge is 0.497 e. The molecule has 0 atom stereocenters. The normalized spacial score (nSPS) is 19.0. The van der Waals surface area contributed by atoms with Gasteiger partial charge in [-0.1, -0.05) is 12.8 Å². The topological polar surface area (TPSA) is 54.0 Å². The number of carbonyl (C=O) groups is 1. The van der Waals surface area contributed by atoms with Gasteiger partial charge in [0, 0.05) is 44.3 Å². The smallest absolute Gasteiger partial charge is 0.317 e. The maximum atomic E-state index is 12.4. The summed E-state index contributed by atoms with van der Waals surface area (Å²) in [6, 6.07) is 6.36. The van der Waals surface area contributed by atoms with Crippen molar-refractivity contribution >= 4 is 6.03 Å². The molecule has 1 saturated carbocycles. The van der Waals surface area contributed by atoms with Gasteiger partial charge in [0.2, 0.25) is 0 Å². The van der Waals surface area contributed by atoms with Gasteiger partial charge in [0.25, 0.3) is 0 Å². The third kappa shape index (κ3) is 4.57. The summed E-state index contributed by atoms with van der Waals surface area (Å²) in [5.41, 5.74) is 1.12. The van der Waals surface area contributed by atoms with Crippen LogP contribution in [-0.2, 0) is 6.54 Å². The second-order valence-corrected chi connectivity index (χ2v) is 6.87. The molecule has 6 nitrogen and oxygen atoms in total. The molecule has 138 valence electrons. The molecule has 1 N–H and O–H groups in total. The van der Waals surface area contributed by atoms with Gasteiger partial charge in [-0.25, -0.2) is 4.79 Å². The molecule has 0 spiro atoms. The zero-order valence-corrected chi connectivity index (χ0v) is 15.3. The first kappa shape index (κ1) is 17.9. The van der Waals surface area contributed by atoms with Crippen LogP contribution in [0, 0.1) is 0 Å². The average Bonchev–Trinajstić information content (AvgIpc) is 3.15. The fraction of sp³-hybridized carbons (Fsp3) is 0.632. The highest BCUT2D eigenvalue weighted by molar-refractivity contribution is 5.74. The minimum Gasteiger partial charge on any atom is -0.497 e. The van der Waals surface area contributed by atoms with E-state index in [4.69, 9.17) is 9.47 Å². The Morgan fingerprint density at radius 3 is 2.48 bits per heavy atom. The summed E-state index contributed by atoms with van der Waals surface area (Å²) in [5, 5.41) is 3.18. The van der Waals surface area contributed by atoms with Gasteiger partial charge >= 0.3 is 6.03 Å². The molecule has 2 amide bonds. The van der Waals surface area contributed by atoms with Crippen molar-refractivity contribution < 1.29 is 14.3 Å². The summed E-state index contributed by atoms with van der Waals surface area (Å²) < 4.78 is 10.8. The molecule has 1 aliphatic carbocycles. The Balaban J connectivity index is 1.51. The van der Waals surface area contributed by atoms with Crippen LogP contribution in [0.4, 0.5) is 4.79 Å². The summed E-state index contributed by atoms with van der Waals surface area (Å²) in [5.74, 6) is 1.72. The molecule has 25 heavy (non-hydrogen) atoms. The lowest BCUT2D eigenvalue weighted by Gasteiger charge is -2.35. The van der Waals surface area contributed by atoms with Gasteiger partial charge in [-0.3, -0.25) is 4.90 Å². The molecular weight excluding hydrogens is 318 g/mol. The molecule has 2 aliphatic rings. The van der Waals surface area contributed by atoms with Gasteiger partial charge in [-0.05, 0) is 31.0 Å². The van der Waals surface area contributed by atoms with E-state index in [-0.39, 0.29) is 6.03 Å². The number of hydrogen-bond acceptors (Lipinski definition) is 4.